The van der Waals surface area contributed by atoms with Gasteiger partial charge in [0, 0.05) is 0 Å². The van der Waals surface area contributed by atoms with Gasteiger partial charge in [-0.3, -0.25) is 0 Å². The molecule has 0 fully saturated rings. The molecule has 14 heavy (non-hydrogen) atoms. The minimum atomic E-state index is 0.172. The van der Waals surface area contributed by atoms with Crippen LogP contribution in [0.1, 0.15) is 0 Å². The first kappa shape index (κ1) is 9.63. The summed E-state index contributed by atoms with van der Waals surface area (Å²) in [5, 5.41) is 0.771. The Morgan fingerprint density at radius 1 is 1.43 bits per heavy atom. The van der Waals surface area contributed by atoms with Crippen LogP contribution in [0.2, 0.25) is 5.28 Å². The molecule has 0 aliphatic rings. The smallest absolute Gasteiger partial charge is 0.223 e. The fraction of sp³-hybridized carbons (Fsp3) is 0. The second kappa shape index (κ2) is 4.07. The molecule has 0 radical (unpaired) electrons. The van der Waals surface area contributed by atoms with Gasteiger partial charge in [-0.2, -0.15) is 4.37 Å². The Labute approximate surface area is 92.9 Å². The standard InChI is InChI=1S/C6H4ClN5S2/c7-5-9-1-3(8)4(12-5)13-6-10-2-11-14-6/h1-2H,8H2. The van der Waals surface area contributed by atoms with E-state index in [4.69, 9.17) is 17.3 Å². The quantitative estimate of drug-likeness (QED) is 0.641. The van der Waals surface area contributed by atoms with Crippen LogP contribution in [0, 0.1) is 0 Å². The zero-order chi connectivity index (χ0) is 9.97. The number of nitrogen functional groups attached to an aromatic ring is 1. The number of anilines is 1. The van der Waals surface area contributed by atoms with E-state index in [0.717, 1.165) is 4.34 Å². The molecule has 2 heterocycles. The van der Waals surface area contributed by atoms with E-state index in [1.165, 1.54) is 35.8 Å². The van der Waals surface area contributed by atoms with Gasteiger partial charge in [0.25, 0.3) is 0 Å². The molecule has 0 aliphatic carbocycles. The van der Waals surface area contributed by atoms with Gasteiger partial charge in [-0.15, -0.1) is 0 Å². The lowest BCUT2D eigenvalue weighted by Gasteiger charge is -2.00. The van der Waals surface area contributed by atoms with E-state index >= 15 is 0 Å². The van der Waals surface area contributed by atoms with Crippen molar-refractivity contribution >= 4 is 40.6 Å². The topological polar surface area (TPSA) is 77.6 Å². The fourth-order valence-electron chi connectivity index (χ4n) is 0.728. The third-order valence-corrected chi connectivity index (χ3v) is 3.19. The molecule has 0 aromatic carbocycles. The van der Waals surface area contributed by atoms with Crippen LogP contribution < -0.4 is 5.73 Å². The van der Waals surface area contributed by atoms with Crippen molar-refractivity contribution in [3.05, 3.63) is 17.8 Å². The van der Waals surface area contributed by atoms with Crippen LogP contribution in [-0.2, 0) is 0 Å². The monoisotopic (exact) mass is 245 g/mol. The molecule has 0 saturated carbocycles. The lowest BCUT2D eigenvalue weighted by molar-refractivity contribution is 1.05. The molecule has 2 rings (SSSR count). The van der Waals surface area contributed by atoms with Crippen molar-refractivity contribution in [2.45, 2.75) is 9.37 Å². The van der Waals surface area contributed by atoms with Gasteiger partial charge in [0.15, 0.2) is 4.34 Å². The highest BCUT2D eigenvalue weighted by Gasteiger charge is 2.07. The molecule has 2 N–H and O–H groups in total. The minimum Gasteiger partial charge on any atom is -0.395 e. The molecule has 8 heteroatoms. The zero-order valence-corrected chi connectivity index (χ0v) is 9.10. The Hall–Kier alpha value is -0.920. The second-order valence-corrected chi connectivity index (χ2v) is 4.56. The second-order valence-electron chi connectivity index (χ2n) is 2.21. The third-order valence-electron chi connectivity index (χ3n) is 1.28. The third kappa shape index (κ3) is 2.11. The first-order valence-electron chi connectivity index (χ1n) is 3.48. The number of nitrogens with two attached hydrogens (primary N) is 1. The predicted molar refractivity (Wildman–Crippen MR) is 55.5 cm³/mol. The Morgan fingerprint density at radius 3 is 3.00 bits per heavy atom. The molecule has 5 nitrogen and oxygen atoms in total. The van der Waals surface area contributed by atoms with Gasteiger partial charge < -0.3 is 5.73 Å². The van der Waals surface area contributed by atoms with Crippen LogP contribution in [0.25, 0.3) is 0 Å². The number of rotatable bonds is 2. The van der Waals surface area contributed by atoms with Crippen LogP contribution in [0.3, 0.4) is 0 Å². The molecule has 0 amide bonds. The van der Waals surface area contributed by atoms with E-state index in [9.17, 15) is 0 Å². The van der Waals surface area contributed by atoms with Crippen molar-refractivity contribution in [3.63, 3.8) is 0 Å². The highest BCUT2D eigenvalue weighted by Crippen LogP contribution is 2.30. The largest absolute Gasteiger partial charge is 0.395 e. The summed E-state index contributed by atoms with van der Waals surface area (Å²) in [6.45, 7) is 0. The Balaban J connectivity index is 2.28. The van der Waals surface area contributed by atoms with E-state index < -0.39 is 0 Å². The summed E-state index contributed by atoms with van der Waals surface area (Å²) in [5.74, 6) is 0. The van der Waals surface area contributed by atoms with E-state index in [-0.39, 0.29) is 5.28 Å². The molecule has 0 spiro atoms. The Morgan fingerprint density at radius 2 is 2.29 bits per heavy atom. The maximum Gasteiger partial charge on any atom is 0.223 e. The number of nitrogens with zero attached hydrogens (tertiary/aromatic N) is 4. The highest BCUT2D eigenvalue weighted by atomic mass is 35.5. The van der Waals surface area contributed by atoms with Crippen molar-refractivity contribution in [1.29, 1.82) is 0 Å². The molecule has 72 valence electrons. The van der Waals surface area contributed by atoms with E-state index in [1.54, 1.807) is 0 Å². The Kier molecular flexibility index (Phi) is 2.80. The van der Waals surface area contributed by atoms with E-state index in [2.05, 4.69) is 19.3 Å². The SMILES string of the molecule is Nc1cnc(Cl)nc1Sc1ncns1. The van der Waals surface area contributed by atoms with Crippen molar-refractivity contribution in [2.24, 2.45) is 0 Å². The lowest BCUT2D eigenvalue weighted by Crippen LogP contribution is -1.93. The van der Waals surface area contributed by atoms with Gasteiger partial charge in [-0.25, -0.2) is 15.0 Å². The Bertz CT molecular complexity index is 432. The van der Waals surface area contributed by atoms with Crippen molar-refractivity contribution < 1.29 is 0 Å². The number of aromatic nitrogens is 4. The number of hydrogen-bond acceptors (Lipinski definition) is 7. The summed E-state index contributed by atoms with van der Waals surface area (Å²) in [5.41, 5.74) is 6.14. The molecule has 0 saturated heterocycles. The van der Waals surface area contributed by atoms with Crippen molar-refractivity contribution in [3.8, 4) is 0 Å². The molecule has 2 aromatic heterocycles. The van der Waals surface area contributed by atoms with Gasteiger partial charge in [0.2, 0.25) is 5.28 Å². The summed E-state index contributed by atoms with van der Waals surface area (Å²) < 4.78 is 4.63. The van der Waals surface area contributed by atoms with Crippen LogP contribution in [0.5, 0.6) is 0 Å². The maximum atomic E-state index is 5.66. The molecular formula is C6H4ClN5S2. The molecule has 0 bridgehead atoms. The first-order chi connectivity index (χ1) is 6.75. The van der Waals surface area contributed by atoms with E-state index in [1.807, 2.05) is 0 Å². The fourth-order valence-corrected chi connectivity index (χ4v) is 2.27. The first-order valence-corrected chi connectivity index (χ1v) is 5.45. The minimum absolute atomic E-state index is 0.172. The van der Waals surface area contributed by atoms with Crippen LogP contribution >= 0.6 is 34.9 Å². The van der Waals surface area contributed by atoms with Gasteiger partial charge in [-0.05, 0) is 34.9 Å². The predicted octanol–water partition coefficient (Wildman–Crippen LogP) is 1.71. The lowest BCUT2D eigenvalue weighted by atomic mass is 10.6. The van der Waals surface area contributed by atoms with Crippen LogP contribution in [0.4, 0.5) is 5.69 Å². The summed E-state index contributed by atoms with van der Waals surface area (Å²) >= 11 is 8.23. The zero-order valence-electron chi connectivity index (χ0n) is 6.72. The summed E-state index contributed by atoms with van der Waals surface area (Å²) in [6, 6.07) is 0. The number of halogens is 1. The molecular weight excluding hydrogens is 242 g/mol. The van der Waals surface area contributed by atoms with Crippen molar-refractivity contribution in [1.82, 2.24) is 19.3 Å². The summed E-state index contributed by atoms with van der Waals surface area (Å²) in [6.07, 6.45) is 2.95. The van der Waals surface area contributed by atoms with Gasteiger partial charge in [0.1, 0.15) is 11.4 Å². The summed E-state index contributed by atoms with van der Waals surface area (Å²) in [7, 11) is 0. The van der Waals surface area contributed by atoms with Crippen LogP contribution in [-0.4, -0.2) is 19.3 Å². The molecule has 0 aliphatic heterocycles. The van der Waals surface area contributed by atoms with Gasteiger partial charge >= 0.3 is 0 Å². The summed E-state index contributed by atoms with van der Waals surface area (Å²) in [4.78, 5) is 11.7. The van der Waals surface area contributed by atoms with Gasteiger partial charge in [0.05, 0.1) is 11.9 Å². The van der Waals surface area contributed by atoms with Gasteiger partial charge in [-0.1, -0.05) is 0 Å². The maximum absolute atomic E-state index is 5.66. The average Bonchev–Trinajstić information content (AvgIpc) is 2.64. The average molecular weight is 246 g/mol. The highest BCUT2D eigenvalue weighted by molar-refractivity contribution is 8.01. The molecule has 2 aromatic rings. The van der Waals surface area contributed by atoms with E-state index in [0.29, 0.717) is 10.7 Å². The normalized spacial score (nSPS) is 10.4. The van der Waals surface area contributed by atoms with Crippen LogP contribution in [0.15, 0.2) is 21.9 Å². The molecule has 0 unspecified atom stereocenters. The van der Waals surface area contributed by atoms with Crippen molar-refractivity contribution in [2.75, 3.05) is 5.73 Å². The molecule has 0 atom stereocenters. The number of hydrogen-bond donors (Lipinski definition) is 1.